The van der Waals surface area contributed by atoms with Crippen molar-refractivity contribution in [3.05, 3.63) is 88.8 Å². The predicted octanol–water partition coefficient (Wildman–Crippen LogP) is 6.70. The van der Waals surface area contributed by atoms with Gasteiger partial charge in [-0.25, -0.2) is 0 Å². The molecule has 1 saturated heterocycles. The number of carbonyl (C=O) groups is 1. The van der Waals surface area contributed by atoms with E-state index < -0.39 is 0 Å². The largest absolute Gasteiger partial charge is 0.497 e. The predicted molar refractivity (Wildman–Crippen MR) is 139 cm³/mol. The number of thioether (sulfide) groups is 1. The third-order valence-electron chi connectivity index (χ3n) is 5.58. The fourth-order valence-corrected chi connectivity index (χ4v) is 5.00. The lowest BCUT2D eigenvalue weighted by molar-refractivity contribution is -0.114. The van der Waals surface area contributed by atoms with Gasteiger partial charge in [0.25, 0.3) is 5.91 Å². The van der Waals surface area contributed by atoms with Crippen LogP contribution in [0.3, 0.4) is 0 Å². The van der Waals surface area contributed by atoms with Crippen molar-refractivity contribution in [2.24, 2.45) is 0 Å². The van der Waals surface area contributed by atoms with Crippen LogP contribution in [0, 0.1) is 0 Å². The number of benzene rings is 3. The van der Waals surface area contributed by atoms with Crippen molar-refractivity contribution >= 4 is 29.4 Å². The fourth-order valence-electron chi connectivity index (χ4n) is 3.74. The molecule has 1 unspecified atom stereocenters. The molecule has 6 heteroatoms. The van der Waals surface area contributed by atoms with Crippen molar-refractivity contribution in [3.8, 4) is 17.2 Å². The average molecular weight is 476 g/mol. The maximum Gasteiger partial charge on any atom is 0.266 e. The lowest BCUT2D eigenvalue weighted by Gasteiger charge is -2.23. The molecule has 0 aliphatic carbocycles. The summed E-state index contributed by atoms with van der Waals surface area (Å²) in [5.74, 6) is 2.13. The second-order valence-corrected chi connectivity index (χ2v) is 9.00. The van der Waals surface area contributed by atoms with Crippen LogP contribution in [0.15, 0.2) is 77.7 Å². The number of carbonyl (C=O) groups excluding carboxylic acids is 1. The lowest BCUT2D eigenvalue weighted by Crippen LogP contribution is -2.27. The molecule has 1 atom stereocenters. The van der Waals surface area contributed by atoms with Crippen molar-refractivity contribution in [1.29, 1.82) is 0 Å². The van der Waals surface area contributed by atoms with Gasteiger partial charge in [-0.3, -0.25) is 9.69 Å². The second kappa shape index (κ2) is 11.2. The van der Waals surface area contributed by atoms with Gasteiger partial charge in [0, 0.05) is 5.69 Å². The Morgan fingerprint density at radius 3 is 2.38 bits per heavy atom. The van der Waals surface area contributed by atoms with Gasteiger partial charge in [-0.05, 0) is 60.0 Å². The number of amides is 1. The minimum Gasteiger partial charge on any atom is -0.497 e. The number of rotatable bonds is 9. The van der Waals surface area contributed by atoms with Crippen LogP contribution in [0.25, 0.3) is 6.08 Å². The molecule has 1 heterocycles. The smallest absolute Gasteiger partial charge is 0.266 e. The summed E-state index contributed by atoms with van der Waals surface area (Å²) in [6.07, 6.45) is 3.98. The second-order valence-electron chi connectivity index (χ2n) is 7.87. The highest BCUT2D eigenvalue weighted by atomic mass is 32.2. The molecule has 1 aliphatic heterocycles. The summed E-state index contributed by atoms with van der Waals surface area (Å²) in [5, 5.41) is -0.175. The molecule has 4 rings (SSSR count). The molecule has 34 heavy (non-hydrogen) atoms. The highest BCUT2D eigenvalue weighted by Crippen LogP contribution is 2.48. The quantitative estimate of drug-likeness (QED) is 0.254. The zero-order valence-electron chi connectivity index (χ0n) is 19.7. The van der Waals surface area contributed by atoms with E-state index in [0.29, 0.717) is 23.0 Å². The number of methoxy groups -OCH3 is 2. The van der Waals surface area contributed by atoms with E-state index in [4.69, 9.17) is 14.2 Å². The van der Waals surface area contributed by atoms with E-state index in [2.05, 4.69) is 6.92 Å². The van der Waals surface area contributed by atoms with Crippen LogP contribution in [-0.4, -0.2) is 26.7 Å². The average Bonchev–Trinajstić information content (AvgIpc) is 3.21. The van der Waals surface area contributed by atoms with E-state index in [0.717, 1.165) is 35.4 Å². The summed E-state index contributed by atoms with van der Waals surface area (Å²) < 4.78 is 16.7. The van der Waals surface area contributed by atoms with E-state index in [1.807, 2.05) is 83.8 Å². The van der Waals surface area contributed by atoms with Crippen molar-refractivity contribution in [2.75, 3.05) is 25.7 Å². The van der Waals surface area contributed by atoms with Crippen molar-refractivity contribution in [2.45, 2.75) is 25.1 Å². The minimum absolute atomic E-state index is 0.0285. The Balaban J connectivity index is 1.66. The Morgan fingerprint density at radius 2 is 1.71 bits per heavy atom. The Bertz CT molecular complexity index is 1140. The molecule has 0 spiro atoms. The number of hydrogen-bond donors (Lipinski definition) is 0. The number of ether oxygens (including phenoxy) is 3. The topological polar surface area (TPSA) is 48.0 Å². The van der Waals surface area contributed by atoms with Crippen molar-refractivity contribution < 1.29 is 19.0 Å². The third kappa shape index (κ3) is 5.23. The zero-order chi connectivity index (χ0) is 23.9. The third-order valence-corrected chi connectivity index (χ3v) is 6.83. The van der Waals surface area contributed by atoms with Crippen molar-refractivity contribution in [1.82, 2.24) is 0 Å². The summed E-state index contributed by atoms with van der Waals surface area (Å²) in [5.41, 5.74) is 2.78. The first-order chi connectivity index (χ1) is 16.6. The molecule has 1 amide bonds. The monoisotopic (exact) mass is 475 g/mol. The van der Waals surface area contributed by atoms with Gasteiger partial charge in [-0.2, -0.15) is 0 Å². The highest BCUT2D eigenvalue weighted by Gasteiger charge is 2.38. The SMILES string of the molecule is CCCCOc1ccc(/C=C2\SC(c3ccc(OC)cc3)N(c3ccccc3)C2=O)cc1OC. The van der Waals surface area contributed by atoms with E-state index >= 15 is 0 Å². The maximum atomic E-state index is 13.6. The van der Waals surface area contributed by atoms with Crippen LogP contribution >= 0.6 is 11.8 Å². The Hall–Kier alpha value is -3.38. The molecule has 1 aliphatic rings. The number of hydrogen-bond acceptors (Lipinski definition) is 5. The molecule has 3 aromatic carbocycles. The molecule has 3 aromatic rings. The standard InChI is InChI=1S/C28H29NO4S/c1-4-5-17-33-24-16-11-20(18-25(24)32-3)19-26-27(30)29(22-9-7-6-8-10-22)28(34-26)21-12-14-23(31-2)15-13-21/h6-16,18-19,28H,4-5,17H2,1-3H3/b26-19-. The molecule has 0 aromatic heterocycles. The number of para-hydroxylation sites is 1. The molecule has 0 saturated carbocycles. The molecule has 0 radical (unpaired) electrons. The number of unbranched alkanes of at least 4 members (excludes halogenated alkanes) is 1. The normalized spacial score (nSPS) is 16.7. The van der Waals surface area contributed by atoms with E-state index in [1.54, 1.807) is 26.0 Å². The molecule has 176 valence electrons. The first kappa shape index (κ1) is 23.8. The van der Waals surface area contributed by atoms with E-state index in [1.165, 1.54) is 0 Å². The Morgan fingerprint density at radius 1 is 0.941 bits per heavy atom. The lowest BCUT2D eigenvalue weighted by atomic mass is 10.1. The van der Waals surface area contributed by atoms with Gasteiger partial charge in [-0.1, -0.05) is 61.5 Å². The molecule has 1 fully saturated rings. The summed E-state index contributed by atoms with van der Waals surface area (Å²) >= 11 is 1.54. The van der Waals surface area contributed by atoms with Gasteiger partial charge < -0.3 is 14.2 Å². The van der Waals surface area contributed by atoms with Gasteiger partial charge in [0.15, 0.2) is 11.5 Å². The summed E-state index contributed by atoms with van der Waals surface area (Å²) in [6, 6.07) is 23.4. The Kier molecular flexibility index (Phi) is 7.80. The van der Waals surface area contributed by atoms with Gasteiger partial charge in [-0.15, -0.1) is 0 Å². The minimum atomic E-state index is -0.175. The molecule has 5 nitrogen and oxygen atoms in total. The van der Waals surface area contributed by atoms with Crippen molar-refractivity contribution in [3.63, 3.8) is 0 Å². The van der Waals surface area contributed by atoms with Gasteiger partial charge in [0.2, 0.25) is 0 Å². The van der Waals surface area contributed by atoms with Crippen LogP contribution in [0.5, 0.6) is 17.2 Å². The van der Waals surface area contributed by atoms with Gasteiger partial charge in [0.1, 0.15) is 11.1 Å². The molecule has 0 N–H and O–H groups in total. The van der Waals surface area contributed by atoms with Gasteiger partial charge in [0.05, 0.1) is 25.7 Å². The first-order valence-electron chi connectivity index (χ1n) is 11.4. The molecular formula is C28H29NO4S. The van der Waals surface area contributed by atoms with Crippen LogP contribution in [0.4, 0.5) is 5.69 Å². The van der Waals surface area contributed by atoms with E-state index in [9.17, 15) is 4.79 Å². The van der Waals surface area contributed by atoms with E-state index in [-0.39, 0.29) is 11.3 Å². The number of nitrogens with zero attached hydrogens (tertiary/aromatic N) is 1. The van der Waals surface area contributed by atoms with Crippen LogP contribution in [0.2, 0.25) is 0 Å². The van der Waals surface area contributed by atoms with Gasteiger partial charge >= 0.3 is 0 Å². The van der Waals surface area contributed by atoms with Crippen LogP contribution in [-0.2, 0) is 4.79 Å². The molecular weight excluding hydrogens is 446 g/mol. The first-order valence-corrected chi connectivity index (χ1v) is 12.2. The number of anilines is 1. The van der Waals surface area contributed by atoms with Crippen LogP contribution < -0.4 is 19.1 Å². The maximum absolute atomic E-state index is 13.6. The van der Waals surface area contributed by atoms with Crippen LogP contribution in [0.1, 0.15) is 36.3 Å². The molecule has 0 bridgehead atoms. The summed E-state index contributed by atoms with van der Waals surface area (Å²) in [6.45, 7) is 2.78. The Labute approximate surface area is 205 Å². The fraction of sp³-hybridized carbons (Fsp3) is 0.250. The summed E-state index contributed by atoms with van der Waals surface area (Å²) in [4.78, 5) is 16.1. The summed E-state index contributed by atoms with van der Waals surface area (Å²) in [7, 11) is 3.28. The zero-order valence-corrected chi connectivity index (χ0v) is 20.5. The highest BCUT2D eigenvalue weighted by molar-refractivity contribution is 8.05.